The van der Waals surface area contributed by atoms with E-state index in [2.05, 4.69) is 54.5 Å². The van der Waals surface area contributed by atoms with Crippen molar-refractivity contribution in [2.24, 2.45) is 0 Å². The minimum atomic E-state index is -0.240. The van der Waals surface area contributed by atoms with Crippen molar-refractivity contribution in [1.82, 2.24) is 9.78 Å². The molecule has 0 aliphatic heterocycles. The highest BCUT2D eigenvalue weighted by Crippen LogP contribution is 2.30. The summed E-state index contributed by atoms with van der Waals surface area (Å²) < 4.78 is 15.0. The maximum atomic E-state index is 13.2. The van der Waals surface area contributed by atoms with Crippen LogP contribution in [0.3, 0.4) is 0 Å². The van der Waals surface area contributed by atoms with Gasteiger partial charge in [-0.3, -0.25) is 0 Å². The number of halogens is 1. The number of hydrogen-bond donors (Lipinski definition) is 0. The monoisotopic (exact) mass is 330 g/mol. The molecule has 0 N–H and O–H groups in total. The van der Waals surface area contributed by atoms with Crippen molar-refractivity contribution >= 4 is 10.9 Å². The molecular formula is C22H19FN2. The summed E-state index contributed by atoms with van der Waals surface area (Å²) in [6.07, 6.45) is 2.92. The Hall–Kier alpha value is -2.94. The molecule has 3 heteroatoms. The van der Waals surface area contributed by atoms with Gasteiger partial charge in [0, 0.05) is 11.3 Å². The first kappa shape index (κ1) is 15.6. The van der Waals surface area contributed by atoms with Crippen LogP contribution in [0, 0.1) is 5.82 Å². The predicted molar refractivity (Wildman–Crippen MR) is 99.6 cm³/mol. The first-order valence-corrected chi connectivity index (χ1v) is 8.55. The lowest BCUT2D eigenvalue weighted by molar-refractivity contribution is 0.627. The van der Waals surface area contributed by atoms with Gasteiger partial charge in [-0.1, -0.05) is 43.3 Å². The molecule has 0 amide bonds. The van der Waals surface area contributed by atoms with E-state index in [9.17, 15) is 4.39 Å². The molecule has 0 aliphatic rings. The van der Waals surface area contributed by atoms with Crippen molar-refractivity contribution in [1.29, 1.82) is 0 Å². The van der Waals surface area contributed by atoms with E-state index in [0.29, 0.717) is 5.92 Å². The number of benzene rings is 3. The second-order valence-electron chi connectivity index (χ2n) is 6.22. The molecule has 0 fully saturated rings. The zero-order valence-corrected chi connectivity index (χ0v) is 14.1. The van der Waals surface area contributed by atoms with Crippen molar-refractivity contribution in [3.63, 3.8) is 0 Å². The lowest BCUT2D eigenvalue weighted by Gasteiger charge is -2.16. The summed E-state index contributed by atoms with van der Waals surface area (Å²) in [5, 5.41) is 5.58. The fourth-order valence-corrected chi connectivity index (χ4v) is 3.41. The SMILES string of the molecule is CCC(c1ccccc1)c1ccc2c(cnn2-c2ccc(F)cc2)c1. The van der Waals surface area contributed by atoms with Gasteiger partial charge in [0.15, 0.2) is 0 Å². The first-order chi connectivity index (χ1) is 12.3. The third kappa shape index (κ3) is 2.93. The van der Waals surface area contributed by atoms with Crippen LogP contribution < -0.4 is 0 Å². The smallest absolute Gasteiger partial charge is 0.123 e. The molecule has 4 rings (SSSR count). The number of rotatable bonds is 4. The van der Waals surface area contributed by atoms with Crippen molar-refractivity contribution in [2.75, 3.05) is 0 Å². The molecule has 0 bridgehead atoms. The van der Waals surface area contributed by atoms with E-state index in [0.717, 1.165) is 23.0 Å². The van der Waals surface area contributed by atoms with Crippen molar-refractivity contribution < 1.29 is 4.39 Å². The van der Waals surface area contributed by atoms with Crippen LogP contribution in [0.25, 0.3) is 16.6 Å². The number of aromatic nitrogens is 2. The van der Waals surface area contributed by atoms with E-state index in [1.807, 2.05) is 16.9 Å². The highest BCUT2D eigenvalue weighted by molar-refractivity contribution is 5.81. The molecule has 1 heterocycles. The van der Waals surface area contributed by atoms with Gasteiger partial charge in [-0.15, -0.1) is 0 Å². The van der Waals surface area contributed by atoms with E-state index < -0.39 is 0 Å². The van der Waals surface area contributed by atoms with Crippen LogP contribution in [-0.4, -0.2) is 9.78 Å². The molecule has 0 saturated heterocycles. The molecule has 25 heavy (non-hydrogen) atoms. The molecule has 1 aromatic heterocycles. The van der Waals surface area contributed by atoms with Crippen molar-refractivity contribution in [2.45, 2.75) is 19.3 Å². The summed E-state index contributed by atoms with van der Waals surface area (Å²) in [5.74, 6) is 0.135. The lowest BCUT2D eigenvalue weighted by Crippen LogP contribution is -2.00. The second kappa shape index (κ2) is 6.52. The van der Waals surface area contributed by atoms with E-state index in [1.165, 1.54) is 23.3 Å². The van der Waals surface area contributed by atoms with E-state index in [4.69, 9.17) is 0 Å². The molecule has 2 nitrogen and oxygen atoms in total. The summed E-state index contributed by atoms with van der Waals surface area (Å²) in [6, 6.07) is 23.5. The van der Waals surface area contributed by atoms with Crippen LogP contribution in [0.2, 0.25) is 0 Å². The Morgan fingerprint density at radius 3 is 2.40 bits per heavy atom. The fraction of sp³-hybridized carbons (Fsp3) is 0.136. The Labute approximate surface area is 146 Å². The van der Waals surface area contributed by atoms with Gasteiger partial charge < -0.3 is 0 Å². The third-order valence-electron chi connectivity index (χ3n) is 4.68. The van der Waals surface area contributed by atoms with Crippen molar-refractivity contribution in [3.05, 3.63) is 95.9 Å². The van der Waals surface area contributed by atoms with Gasteiger partial charge in [-0.05, 0) is 53.9 Å². The largest absolute Gasteiger partial charge is 0.233 e. The van der Waals surface area contributed by atoms with Gasteiger partial charge in [0.25, 0.3) is 0 Å². The Morgan fingerprint density at radius 2 is 1.68 bits per heavy atom. The minimum Gasteiger partial charge on any atom is -0.233 e. The summed E-state index contributed by atoms with van der Waals surface area (Å²) in [7, 11) is 0. The van der Waals surface area contributed by atoms with Crippen molar-refractivity contribution in [3.8, 4) is 5.69 Å². The average molecular weight is 330 g/mol. The summed E-state index contributed by atoms with van der Waals surface area (Å²) in [5.41, 5.74) is 4.51. The molecule has 1 atom stereocenters. The predicted octanol–water partition coefficient (Wildman–Crippen LogP) is 5.71. The quantitative estimate of drug-likeness (QED) is 0.469. The first-order valence-electron chi connectivity index (χ1n) is 8.55. The van der Waals surface area contributed by atoms with Gasteiger partial charge in [0.1, 0.15) is 5.82 Å². The fourth-order valence-electron chi connectivity index (χ4n) is 3.41. The van der Waals surface area contributed by atoms with Crippen LogP contribution in [0.5, 0.6) is 0 Å². The highest BCUT2D eigenvalue weighted by atomic mass is 19.1. The number of fused-ring (bicyclic) bond motifs is 1. The van der Waals surface area contributed by atoms with Crippen LogP contribution in [0.1, 0.15) is 30.4 Å². The topological polar surface area (TPSA) is 17.8 Å². The molecule has 0 aliphatic carbocycles. The van der Waals surface area contributed by atoms with E-state index in [-0.39, 0.29) is 5.82 Å². The van der Waals surface area contributed by atoms with Gasteiger partial charge in [-0.25, -0.2) is 9.07 Å². The Balaban J connectivity index is 1.75. The Bertz CT molecular complexity index is 988. The Kier molecular flexibility index (Phi) is 4.06. The van der Waals surface area contributed by atoms with Crippen LogP contribution in [-0.2, 0) is 0 Å². The highest BCUT2D eigenvalue weighted by Gasteiger charge is 2.14. The Morgan fingerprint density at radius 1 is 0.920 bits per heavy atom. The summed E-state index contributed by atoms with van der Waals surface area (Å²) in [4.78, 5) is 0. The average Bonchev–Trinajstić information content (AvgIpc) is 3.07. The lowest BCUT2D eigenvalue weighted by atomic mass is 9.89. The van der Waals surface area contributed by atoms with Crippen LogP contribution in [0.4, 0.5) is 4.39 Å². The zero-order valence-electron chi connectivity index (χ0n) is 14.1. The molecule has 0 radical (unpaired) electrons. The molecule has 3 aromatic carbocycles. The van der Waals surface area contributed by atoms with Gasteiger partial charge in [0.05, 0.1) is 17.4 Å². The summed E-state index contributed by atoms with van der Waals surface area (Å²) in [6.45, 7) is 2.21. The van der Waals surface area contributed by atoms with Crippen LogP contribution in [0.15, 0.2) is 79.0 Å². The molecule has 0 saturated carbocycles. The second-order valence-corrected chi connectivity index (χ2v) is 6.22. The summed E-state index contributed by atoms with van der Waals surface area (Å²) >= 11 is 0. The molecule has 1 unspecified atom stereocenters. The molecule has 124 valence electrons. The third-order valence-corrected chi connectivity index (χ3v) is 4.68. The maximum absolute atomic E-state index is 13.2. The number of nitrogens with zero attached hydrogens (tertiary/aromatic N) is 2. The van der Waals surface area contributed by atoms with E-state index in [1.54, 1.807) is 12.1 Å². The van der Waals surface area contributed by atoms with Crippen LogP contribution >= 0.6 is 0 Å². The maximum Gasteiger partial charge on any atom is 0.123 e. The van der Waals surface area contributed by atoms with Gasteiger partial charge in [0.2, 0.25) is 0 Å². The van der Waals surface area contributed by atoms with Gasteiger partial charge in [-0.2, -0.15) is 5.10 Å². The van der Waals surface area contributed by atoms with Gasteiger partial charge >= 0.3 is 0 Å². The molecule has 0 spiro atoms. The van der Waals surface area contributed by atoms with E-state index >= 15 is 0 Å². The molecular weight excluding hydrogens is 311 g/mol. The molecule has 4 aromatic rings. The standard InChI is InChI=1S/C22H19FN2/c1-2-21(16-6-4-3-5-7-16)17-8-13-22-18(14-17)15-24-25(22)20-11-9-19(23)10-12-20/h3-15,21H,2H2,1H3. The zero-order chi connectivity index (χ0) is 17.2. The minimum absolute atomic E-state index is 0.240. The normalized spacial score (nSPS) is 12.4. The number of hydrogen-bond acceptors (Lipinski definition) is 1.